The molecule has 1 saturated heterocycles. The summed E-state index contributed by atoms with van der Waals surface area (Å²) in [5, 5.41) is 24.0. The second kappa shape index (κ2) is 24.5. The molecule has 62 heavy (non-hydrogen) atoms. The van der Waals surface area contributed by atoms with Gasteiger partial charge in [-0.25, -0.2) is 19.7 Å². The van der Waals surface area contributed by atoms with Crippen molar-refractivity contribution in [3.8, 4) is 10.4 Å². The first-order valence-electron chi connectivity index (χ1n) is 19.9. The Kier molecular flexibility index (Phi) is 19.8. The van der Waals surface area contributed by atoms with Crippen LogP contribution in [0.15, 0.2) is 48.2 Å². The molecule has 18 nitrogen and oxygen atoms in total. The van der Waals surface area contributed by atoms with Crippen molar-refractivity contribution in [3.05, 3.63) is 59.5 Å². The number of thiazole rings is 1. The number of rotatable bonds is 22. The number of nitrogens with zero attached hydrogens (tertiary/aromatic N) is 4. The Morgan fingerprint density at radius 1 is 0.903 bits per heavy atom. The number of halogens is 3. The van der Waals surface area contributed by atoms with Gasteiger partial charge in [-0.2, -0.15) is 0 Å². The fraction of sp³-hybridized carbons (Fsp3) is 0.550. The summed E-state index contributed by atoms with van der Waals surface area (Å²) in [7, 11) is 0. The van der Waals surface area contributed by atoms with Crippen LogP contribution in [-0.4, -0.2) is 129 Å². The van der Waals surface area contributed by atoms with E-state index in [-0.39, 0.29) is 89.7 Å². The number of aliphatic hydroxyl groups is 1. The number of alkyl halides is 3. The van der Waals surface area contributed by atoms with Gasteiger partial charge in [0, 0.05) is 51.3 Å². The fourth-order valence-electron chi connectivity index (χ4n) is 6.08. The maximum atomic E-state index is 13.9. The molecule has 0 aliphatic carbocycles. The highest BCUT2D eigenvalue weighted by atomic mass is 35.6. The number of alkyl carbamates (subject to hydrolysis) is 1. The zero-order valence-electron chi connectivity index (χ0n) is 35.0. The van der Waals surface area contributed by atoms with E-state index in [1.165, 1.54) is 17.3 Å². The lowest BCUT2D eigenvalue weighted by Gasteiger charge is -2.35. The smallest absolute Gasteiger partial charge is 0.408 e. The Morgan fingerprint density at radius 2 is 1.56 bits per heavy atom. The molecule has 4 atom stereocenters. The van der Waals surface area contributed by atoms with Gasteiger partial charge in [-0.05, 0) is 36.0 Å². The molecule has 6 N–H and O–H groups in total. The number of carbonyl (C=O) groups is 5. The zero-order valence-corrected chi connectivity index (χ0v) is 38.0. The Morgan fingerprint density at radius 3 is 2.18 bits per heavy atom. The van der Waals surface area contributed by atoms with Crippen molar-refractivity contribution in [1.29, 1.82) is 0 Å². The Labute approximate surface area is 379 Å². The number of carbonyl (C=O) groups excluding carboxylic acids is 5. The van der Waals surface area contributed by atoms with Crippen molar-refractivity contribution < 1.29 is 43.3 Å². The molecule has 3 aromatic rings. The number of hydrogen-bond donors (Lipinski definition) is 6. The number of benzene rings is 1. The van der Waals surface area contributed by atoms with Crippen LogP contribution in [0.1, 0.15) is 57.7 Å². The topological polar surface area (TPSA) is 235 Å². The van der Waals surface area contributed by atoms with E-state index >= 15 is 0 Å². The minimum atomic E-state index is -1.94. The van der Waals surface area contributed by atoms with Gasteiger partial charge >= 0.3 is 6.09 Å². The van der Waals surface area contributed by atoms with Gasteiger partial charge in [0.15, 0.2) is 6.17 Å². The van der Waals surface area contributed by atoms with Crippen molar-refractivity contribution in [2.45, 2.75) is 88.1 Å². The lowest BCUT2D eigenvalue weighted by atomic mass is 9.85. The van der Waals surface area contributed by atoms with E-state index in [2.05, 4.69) is 41.5 Å². The van der Waals surface area contributed by atoms with Gasteiger partial charge < -0.3 is 45.5 Å². The van der Waals surface area contributed by atoms with Crippen LogP contribution in [0.5, 0.6) is 0 Å². The summed E-state index contributed by atoms with van der Waals surface area (Å²) in [5.74, 6) is -1.40. The molecule has 4 unspecified atom stereocenters. The predicted octanol–water partition coefficient (Wildman–Crippen LogP) is 3.87. The van der Waals surface area contributed by atoms with E-state index in [0.29, 0.717) is 6.42 Å². The Hall–Kier alpha value is -4.37. The second-order valence-corrected chi connectivity index (χ2v) is 18.6. The first-order chi connectivity index (χ1) is 29.4. The number of likely N-dealkylation sites (tertiary alicyclic amines) is 1. The van der Waals surface area contributed by atoms with Gasteiger partial charge in [0.25, 0.3) is 0 Å². The number of aromatic nitrogens is 3. The molecule has 340 valence electrons. The highest BCUT2D eigenvalue weighted by molar-refractivity contribution is 7.13. The van der Waals surface area contributed by atoms with Crippen LogP contribution in [-0.2, 0) is 39.9 Å². The summed E-state index contributed by atoms with van der Waals surface area (Å²) in [6, 6.07) is 7.54. The van der Waals surface area contributed by atoms with Crippen molar-refractivity contribution in [1.82, 2.24) is 41.1 Å². The molecule has 1 fully saturated rings. The quantitative estimate of drug-likeness (QED) is 0.0478. The van der Waals surface area contributed by atoms with Crippen LogP contribution in [0, 0.1) is 12.3 Å². The number of ether oxygens (including phenoxy) is 3. The standard InChI is InChI=1S/C40H54Cl3N9O9S/c1-25-32(62-24-48-25)27-9-7-26(8-10-27)22-47-34(56)29-21-28(53)23-52(29)35(57)33(39(2,3)4)49-31(55)12-18-60-20-19-59-17-11-30(54)44-15-6-16-61-38(58)51-36(40(41,42)43)50-37-45-13-5-14-46-37/h5,7-10,13-14,24,28-29,33,36,53H,6,11-12,15-23H2,1-4H3,(H,44,54)(H,47,56)(H,49,55)(H,51,58)(H,45,46,50). The minimum absolute atomic E-state index is 0.0203. The Balaban J connectivity index is 1.07. The van der Waals surface area contributed by atoms with Gasteiger partial charge in [0.2, 0.25) is 33.4 Å². The maximum absolute atomic E-state index is 13.9. The summed E-state index contributed by atoms with van der Waals surface area (Å²) >= 11 is 19.4. The molecule has 1 aliphatic rings. The molecule has 5 amide bonds. The SMILES string of the molecule is Cc1ncsc1-c1ccc(CNC(=O)C2CC(O)CN2C(=O)C(NC(=O)CCOCCOCCC(=O)NCCCOC(=O)NC(Nc2ncccn2)C(Cl)(Cl)Cl)C(C)(C)C)cc1. The highest BCUT2D eigenvalue weighted by Gasteiger charge is 2.44. The first-order valence-corrected chi connectivity index (χ1v) is 21.9. The zero-order chi connectivity index (χ0) is 45.3. The number of nitrogens with one attached hydrogen (secondary N) is 5. The van der Waals surface area contributed by atoms with Crippen molar-refractivity contribution in [2.75, 3.05) is 51.4 Å². The van der Waals surface area contributed by atoms with Crippen LogP contribution >= 0.6 is 46.1 Å². The van der Waals surface area contributed by atoms with Gasteiger partial charge in [-0.15, -0.1) is 11.3 Å². The van der Waals surface area contributed by atoms with Crippen molar-refractivity contribution >= 4 is 81.8 Å². The number of hydrogen-bond acceptors (Lipinski definition) is 14. The lowest BCUT2D eigenvalue weighted by Crippen LogP contribution is -2.57. The summed E-state index contributed by atoms with van der Waals surface area (Å²) < 4.78 is 14.1. The van der Waals surface area contributed by atoms with E-state index < -0.39 is 51.5 Å². The fourth-order valence-corrected chi connectivity index (χ4v) is 7.22. The third kappa shape index (κ3) is 16.7. The molecule has 0 saturated carbocycles. The third-order valence-corrected chi connectivity index (χ3v) is 11.0. The number of aliphatic hydroxyl groups excluding tert-OH is 1. The monoisotopic (exact) mass is 941 g/mol. The van der Waals surface area contributed by atoms with Gasteiger partial charge in [0.1, 0.15) is 12.1 Å². The molecular weight excluding hydrogens is 889 g/mol. The van der Waals surface area contributed by atoms with Crippen LogP contribution in [0.4, 0.5) is 10.7 Å². The number of aryl methyl sites for hydroxylation is 1. The number of β-amino-alcohol motifs (C(OH)–C–C–N with tert-alkyl or cyclic N) is 1. The lowest BCUT2D eigenvalue weighted by molar-refractivity contribution is -0.144. The molecular formula is C40H54Cl3N9O9S. The van der Waals surface area contributed by atoms with Crippen molar-refractivity contribution in [2.24, 2.45) is 5.41 Å². The number of amides is 5. The van der Waals surface area contributed by atoms with E-state index in [1.54, 1.807) is 22.9 Å². The predicted molar refractivity (Wildman–Crippen MR) is 234 cm³/mol. The molecule has 0 radical (unpaired) electrons. The first kappa shape index (κ1) is 50.3. The number of anilines is 1. The van der Waals surface area contributed by atoms with Crippen molar-refractivity contribution in [3.63, 3.8) is 0 Å². The van der Waals surface area contributed by atoms with Gasteiger partial charge in [-0.3, -0.25) is 24.5 Å². The van der Waals surface area contributed by atoms with E-state index in [4.69, 9.17) is 49.0 Å². The summed E-state index contributed by atoms with van der Waals surface area (Å²) in [4.78, 5) is 79.2. The van der Waals surface area contributed by atoms with E-state index in [1.807, 2.05) is 52.0 Å². The largest absolute Gasteiger partial charge is 0.449 e. The molecule has 1 aliphatic heterocycles. The van der Waals surface area contributed by atoms with Crippen LogP contribution in [0.25, 0.3) is 10.4 Å². The minimum Gasteiger partial charge on any atom is -0.449 e. The summed E-state index contributed by atoms with van der Waals surface area (Å²) in [6.07, 6.45) is 0.467. The molecule has 0 bridgehead atoms. The molecule has 22 heteroatoms. The van der Waals surface area contributed by atoms with Crippen LogP contribution < -0.4 is 26.6 Å². The van der Waals surface area contributed by atoms with Gasteiger partial charge in [-0.1, -0.05) is 79.8 Å². The summed E-state index contributed by atoms with van der Waals surface area (Å²) in [6.45, 7) is 8.36. The molecule has 0 spiro atoms. The van der Waals surface area contributed by atoms with E-state index in [9.17, 15) is 29.1 Å². The molecule has 1 aromatic carbocycles. The van der Waals surface area contributed by atoms with E-state index in [0.717, 1.165) is 21.7 Å². The molecule has 4 rings (SSSR count). The van der Waals surface area contributed by atoms with Crippen LogP contribution in [0.3, 0.4) is 0 Å². The maximum Gasteiger partial charge on any atom is 0.408 e. The molecule has 2 aromatic heterocycles. The van der Waals surface area contributed by atoms with Crippen LogP contribution in [0.2, 0.25) is 0 Å². The normalized spacial score (nSPS) is 16.2. The average Bonchev–Trinajstić information content (AvgIpc) is 3.84. The Bertz CT molecular complexity index is 1920. The average molecular weight is 943 g/mol. The second-order valence-electron chi connectivity index (χ2n) is 15.3. The third-order valence-electron chi connectivity index (χ3n) is 9.34. The summed E-state index contributed by atoms with van der Waals surface area (Å²) in [5.41, 5.74) is 3.96. The van der Waals surface area contributed by atoms with Gasteiger partial charge in [0.05, 0.1) is 55.2 Å². The highest BCUT2D eigenvalue weighted by Crippen LogP contribution is 2.31. The molecule has 3 heterocycles.